The summed E-state index contributed by atoms with van der Waals surface area (Å²) in [5.74, 6) is 0. The number of hydrogen-bond acceptors (Lipinski definition) is 2. The molecule has 0 amide bonds. The van der Waals surface area contributed by atoms with Gasteiger partial charge in [0, 0.05) is 31.9 Å². The van der Waals surface area contributed by atoms with Crippen LogP contribution in [0.4, 0.5) is 0 Å². The van der Waals surface area contributed by atoms with Crippen molar-refractivity contribution < 1.29 is 0 Å². The Balaban J connectivity index is 2.39. The van der Waals surface area contributed by atoms with Gasteiger partial charge in [0.05, 0.1) is 11.4 Å². The van der Waals surface area contributed by atoms with Gasteiger partial charge in [-0.3, -0.25) is 0 Å². The van der Waals surface area contributed by atoms with Crippen LogP contribution in [0, 0.1) is 20.8 Å². The van der Waals surface area contributed by atoms with Crippen LogP contribution in [0.3, 0.4) is 0 Å². The van der Waals surface area contributed by atoms with Crippen LogP contribution in [0.5, 0.6) is 0 Å². The molecule has 21 heavy (non-hydrogen) atoms. The van der Waals surface area contributed by atoms with Gasteiger partial charge < -0.3 is 10.2 Å². The van der Waals surface area contributed by atoms with Crippen molar-refractivity contribution in [2.24, 2.45) is 0 Å². The highest BCUT2D eigenvalue weighted by molar-refractivity contribution is 7.80. The van der Waals surface area contributed by atoms with Crippen molar-refractivity contribution in [2.45, 2.75) is 27.3 Å². The number of rotatable bonds is 3. The van der Waals surface area contributed by atoms with E-state index in [1.54, 1.807) is 0 Å². The van der Waals surface area contributed by atoms with E-state index in [-0.39, 0.29) is 0 Å². The summed E-state index contributed by atoms with van der Waals surface area (Å²) in [4.78, 5) is 2.02. The lowest BCUT2D eigenvalue weighted by atomic mass is 10.1. The molecule has 0 aliphatic rings. The second-order valence-corrected chi connectivity index (χ2v) is 5.65. The van der Waals surface area contributed by atoms with Crippen molar-refractivity contribution in [1.82, 2.24) is 20.0 Å². The number of hydrogen-bond donors (Lipinski definition) is 1. The number of benzene rings is 1. The van der Waals surface area contributed by atoms with Gasteiger partial charge in [0.1, 0.15) is 0 Å². The molecular formula is C16H22N4S. The smallest absolute Gasteiger partial charge is 0.168 e. The van der Waals surface area contributed by atoms with E-state index in [1.165, 1.54) is 11.1 Å². The molecule has 0 fully saturated rings. The Morgan fingerprint density at radius 3 is 2.57 bits per heavy atom. The minimum atomic E-state index is 0.734. The lowest BCUT2D eigenvalue weighted by Crippen LogP contribution is -2.34. The predicted molar refractivity (Wildman–Crippen MR) is 90.9 cm³/mol. The van der Waals surface area contributed by atoms with Crippen molar-refractivity contribution in [3.8, 4) is 5.69 Å². The van der Waals surface area contributed by atoms with Crippen LogP contribution in [0.25, 0.3) is 5.69 Å². The molecule has 0 saturated heterocycles. The van der Waals surface area contributed by atoms with Crippen LogP contribution in [-0.4, -0.2) is 33.9 Å². The fourth-order valence-corrected chi connectivity index (χ4v) is 2.50. The van der Waals surface area contributed by atoms with Gasteiger partial charge in [-0.05, 0) is 44.6 Å². The largest absolute Gasteiger partial charge is 0.366 e. The normalized spacial score (nSPS) is 10.5. The van der Waals surface area contributed by atoms with Crippen LogP contribution in [-0.2, 0) is 6.54 Å². The fourth-order valence-electron chi connectivity index (χ4n) is 2.44. The topological polar surface area (TPSA) is 33.1 Å². The average molecular weight is 302 g/mol. The first-order valence-electron chi connectivity index (χ1n) is 6.99. The molecule has 0 atom stereocenters. The molecule has 4 nitrogen and oxygen atoms in total. The molecule has 0 spiro atoms. The average Bonchev–Trinajstić information content (AvgIpc) is 2.74. The summed E-state index contributed by atoms with van der Waals surface area (Å²) in [6, 6.07) is 8.29. The van der Waals surface area contributed by atoms with Crippen LogP contribution in [0.1, 0.15) is 22.5 Å². The predicted octanol–water partition coefficient (Wildman–Crippen LogP) is 2.73. The first-order chi connectivity index (χ1) is 9.95. The van der Waals surface area contributed by atoms with Gasteiger partial charge >= 0.3 is 0 Å². The molecular weight excluding hydrogens is 280 g/mol. The summed E-state index contributed by atoms with van der Waals surface area (Å²) in [5.41, 5.74) is 5.77. The number of aryl methyl sites for hydroxylation is 2. The summed E-state index contributed by atoms with van der Waals surface area (Å²) < 4.78 is 2.02. The van der Waals surface area contributed by atoms with E-state index in [9.17, 15) is 0 Å². The van der Waals surface area contributed by atoms with Crippen molar-refractivity contribution in [1.29, 1.82) is 0 Å². The first kappa shape index (κ1) is 15.5. The van der Waals surface area contributed by atoms with E-state index in [1.807, 2.05) is 42.7 Å². The summed E-state index contributed by atoms with van der Waals surface area (Å²) >= 11 is 5.27. The zero-order chi connectivity index (χ0) is 15.6. The maximum absolute atomic E-state index is 5.27. The molecule has 0 radical (unpaired) electrons. The third kappa shape index (κ3) is 3.08. The van der Waals surface area contributed by atoms with E-state index < -0.39 is 0 Å². The van der Waals surface area contributed by atoms with Gasteiger partial charge in [0.2, 0.25) is 0 Å². The molecule has 0 aliphatic heterocycles. The van der Waals surface area contributed by atoms with Crippen molar-refractivity contribution >= 4 is 17.3 Å². The molecule has 1 aromatic carbocycles. The number of aromatic nitrogens is 2. The second kappa shape index (κ2) is 6.26. The number of para-hydroxylation sites is 1. The highest BCUT2D eigenvalue weighted by Gasteiger charge is 2.16. The summed E-state index contributed by atoms with van der Waals surface area (Å²) in [6.07, 6.45) is 0. The Labute approximate surface area is 131 Å². The highest BCUT2D eigenvalue weighted by Crippen LogP contribution is 2.21. The van der Waals surface area contributed by atoms with Gasteiger partial charge in [-0.25, -0.2) is 4.68 Å². The Bertz CT molecular complexity index is 660. The van der Waals surface area contributed by atoms with Gasteiger partial charge in [-0.2, -0.15) is 5.10 Å². The van der Waals surface area contributed by atoms with Gasteiger partial charge in [0.15, 0.2) is 5.11 Å². The van der Waals surface area contributed by atoms with Crippen molar-refractivity contribution in [3.05, 3.63) is 46.8 Å². The maximum atomic E-state index is 5.27. The van der Waals surface area contributed by atoms with E-state index in [0.717, 1.165) is 28.7 Å². The number of nitrogens with zero attached hydrogens (tertiary/aromatic N) is 3. The van der Waals surface area contributed by atoms with E-state index >= 15 is 0 Å². The Morgan fingerprint density at radius 1 is 1.29 bits per heavy atom. The van der Waals surface area contributed by atoms with E-state index in [4.69, 9.17) is 17.3 Å². The maximum Gasteiger partial charge on any atom is 0.168 e. The summed E-state index contributed by atoms with van der Waals surface area (Å²) in [6.45, 7) is 7.02. The van der Waals surface area contributed by atoms with E-state index in [2.05, 4.69) is 31.3 Å². The van der Waals surface area contributed by atoms with Crippen molar-refractivity contribution in [2.75, 3.05) is 14.1 Å². The third-order valence-corrected chi connectivity index (χ3v) is 4.26. The van der Waals surface area contributed by atoms with Crippen LogP contribution in [0.2, 0.25) is 0 Å². The number of nitrogens with one attached hydrogen (secondary N) is 1. The molecule has 2 rings (SSSR count). The van der Waals surface area contributed by atoms with Crippen LogP contribution < -0.4 is 5.32 Å². The molecule has 112 valence electrons. The zero-order valence-corrected chi connectivity index (χ0v) is 14.1. The molecule has 5 heteroatoms. The molecule has 0 saturated carbocycles. The van der Waals surface area contributed by atoms with Gasteiger partial charge in [-0.1, -0.05) is 18.2 Å². The number of thiocarbonyl (C=S) groups is 1. The summed E-state index contributed by atoms with van der Waals surface area (Å²) in [5, 5.41) is 8.44. The standard InChI is InChI=1S/C16H22N4S/c1-11-8-6-7-9-15(11)20-13(3)14(12(2)18-20)10-19(5)16(21)17-4/h6-9H,10H2,1-5H3,(H,17,21). The highest BCUT2D eigenvalue weighted by atomic mass is 32.1. The Morgan fingerprint density at radius 2 is 1.95 bits per heavy atom. The van der Waals surface area contributed by atoms with Crippen LogP contribution >= 0.6 is 12.2 Å². The lowest BCUT2D eigenvalue weighted by molar-refractivity contribution is 0.492. The van der Waals surface area contributed by atoms with Gasteiger partial charge in [0.25, 0.3) is 0 Å². The second-order valence-electron chi connectivity index (χ2n) is 5.26. The van der Waals surface area contributed by atoms with Gasteiger partial charge in [-0.15, -0.1) is 0 Å². The minimum Gasteiger partial charge on any atom is -0.366 e. The zero-order valence-electron chi connectivity index (χ0n) is 13.3. The van der Waals surface area contributed by atoms with Crippen molar-refractivity contribution in [3.63, 3.8) is 0 Å². The lowest BCUT2D eigenvalue weighted by Gasteiger charge is -2.19. The fraction of sp³-hybridized carbons (Fsp3) is 0.375. The first-order valence-corrected chi connectivity index (χ1v) is 7.40. The molecule has 0 unspecified atom stereocenters. The molecule has 0 aliphatic carbocycles. The SMILES string of the molecule is CNC(=S)N(C)Cc1c(C)nn(-c2ccccc2C)c1C. The van der Waals surface area contributed by atoms with Crippen LogP contribution in [0.15, 0.2) is 24.3 Å². The Kier molecular flexibility index (Phi) is 4.63. The molecule has 0 bridgehead atoms. The molecule has 1 aromatic heterocycles. The molecule has 1 heterocycles. The summed E-state index contributed by atoms with van der Waals surface area (Å²) in [7, 11) is 3.83. The molecule has 2 aromatic rings. The molecule has 1 N–H and O–H groups in total. The Hall–Kier alpha value is -1.88. The van der Waals surface area contributed by atoms with E-state index in [0.29, 0.717) is 0 Å². The third-order valence-electron chi connectivity index (χ3n) is 3.74. The quantitative estimate of drug-likeness (QED) is 0.884. The minimum absolute atomic E-state index is 0.734. The monoisotopic (exact) mass is 302 g/mol.